The van der Waals surface area contributed by atoms with Crippen LogP contribution in [-0.4, -0.2) is 50.7 Å². The van der Waals surface area contributed by atoms with Crippen molar-refractivity contribution in [3.8, 4) is 5.69 Å². The summed E-state index contributed by atoms with van der Waals surface area (Å²) >= 11 is 0. The minimum absolute atomic E-state index is 0.00884. The van der Waals surface area contributed by atoms with Crippen molar-refractivity contribution < 1.29 is 26.3 Å². The van der Waals surface area contributed by atoms with Crippen molar-refractivity contribution in [1.29, 1.82) is 0 Å². The van der Waals surface area contributed by atoms with Gasteiger partial charge in [-0.3, -0.25) is 4.57 Å². The van der Waals surface area contributed by atoms with Crippen LogP contribution in [0.4, 0.5) is 38.1 Å². The number of nitrogens with zero attached hydrogens (tertiary/aromatic N) is 6. The summed E-state index contributed by atoms with van der Waals surface area (Å²) in [6.45, 7) is -0.729. The highest BCUT2D eigenvalue weighted by Gasteiger charge is 2.43. The predicted molar refractivity (Wildman–Crippen MR) is 90.2 cm³/mol. The molecule has 1 aliphatic heterocycles. The number of halogens is 6. The maximum atomic E-state index is 13.2. The van der Waals surface area contributed by atoms with Crippen LogP contribution < -0.4 is 15.5 Å². The number of alkyl halides is 6. The Morgan fingerprint density at radius 3 is 2.55 bits per heavy atom. The molecular formula is C15H16F6N8. The van der Waals surface area contributed by atoms with E-state index in [4.69, 9.17) is 0 Å². The molecule has 0 aromatic carbocycles. The van der Waals surface area contributed by atoms with Crippen molar-refractivity contribution in [3.05, 3.63) is 30.7 Å². The van der Waals surface area contributed by atoms with Gasteiger partial charge in [-0.15, -0.1) is 10.2 Å². The van der Waals surface area contributed by atoms with Crippen LogP contribution in [-0.2, 0) is 0 Å². The number of anilines is 2. The molecule has 1 atom stereocenters. The van der Waals surface area contributed by atoms with E-state index >= 15 is 0 Å². The standard InChI is InChI=1S/C15H16F6N8/c1-22-3-4-23-13-24-7-10-11(26-13)28(5-2-14(16,17)18)9(6-15(19,20)21)12-27-25-8-29(10)12/h3-4,7-9,22H,2,5-6H2,1H3,(H,23,24,26)/b4-3-/t9-/m1/s1. The zero-order valence-corrected chi connectivity index (χ0v) is 15.0. The molecule has 0 radical (unpaired) electrons. The second kappa shape index (κ2) is 7.75. The molecule has 0 spiro atoms. The molecule has 0 unspecified atom stereocenters. The van der Waals surface area contributed by atoms with Gasteiger partial charge >= 0.3 is 12.4 Å². The third kappa shape index (κ3) is 4.86. The normalized spacial score (nSPS) is 16.7. The molecule has 0 bridgehead atoms. The van der Waals surface area contributed by atoms with Crippen molar-refractivity contribution in [2.45, 2.75) is 31.2 Å². The van der Waals surface area contributed by atoms with Crippen LogP contribution in [0.15, 0.2) is 24.9 Å². The monoisotopic (exact) mass is 422 g/mol. The van der Waals surface area contributed by atoms with Crippen LogP contribution in [0.25, 0.3) is 5.69 Å². The lowest BCUT2D eigenvalue weighted by Crippen LogP contribution is -2.40. The molecule has 2 aromatic heterocycles. The van der Waals surface area contributed by atoms with Gasteiger partial charge < -0.3 is 15.5 Å². The Morgan fingerprint density at radius 1 is 1.14 bits per heavy atom. The summed E-state index contributed by atoms with van der Waals surface area (Å²) in [5.74, 6) is -0.197. The average molecular weight is 422 g/mol. The number of rotatable bonds is 6. The van der Waals surface area contributed by atoms with Crippen molar-refractivity contribution in [2.24, 2.45) is 0 Å². The molecule has 0 saturated heterocycles. The Kier molecular flexibility index (Phi) is 5.53. The van der Waals surface area contributed by atoms with Crippen LogP contribution in [0.1, 0.15) is 24.7 Å². The minimum Gasteiger partial charge on any atom is -0.393 e. The van der Waals surface area contributed by atoms with E-state index in [0.29, 0.717) is 0 Å². The molecule has 3 heterocycles. The van der Waals surface area contributed by atoms with Crippen molar-refractivity contribution in [3.63, 3.8) is 0 Å². The van der Waals surface area contributed by atoms with E-state index in [1.165, 1.54) is 29.5 Å². The van der Waals surface area contributed by atoms with Gasteiger partial charge in [0.2, 0.25) is 5.95 Å². The first-order valence-corrected chi connectivity index (χ1v) is 8.35. The SMILES string of the molecule is CN/C=C\Nc1ncc2c(n1)N(CCC(F)(F)F)[C@H](CC(F)(F)F)c1nncn1-2. The van der Waals surface area contributed by atoms with E-state index in [9.17, 15) is 26.3 Å². The molecular weight excluding hydrogens is 406 g/mol. The number of hydrogen-bond donors (Lipinski definition) is 2. The molecule has 14 heteroatoms. The quantitative estimate of drug-likeness (QED) is 0.693. The fraction of sp³-hybridized carbons (Fsp3) is 0.467. The summed E-state index contributed by atoms with van der Waals surface area (Å²) in [6, 6.07) is -1.51. The highest BCUT2D eigenvalue weighted by Crippen LogP contribution is 2.42. The minimum atomic E-state index is -4.64. The van der Waals surface area contributed by atoms with Gasteiger partial charge in [0, 0.05) is 26.0 Å². The van der Waals surface area contributed by atoms with Gasteiger partial charge in [-0.2, -0.15) is 31.3 Å². The van der Waals surface area contributed by atoms with Crippen molar-refractivity contribution in [1.82, 2.24) is 30.0 Å². The molecule has 0 saturated carbocycles. The topological polar surface area (TPSA) is 83.8 Å². The Labute approximate surface area is 160 Å². The van der Waals surface area contributed by atoms with Crippen molar-refractivity contribution >= 4 is 11.8 Å². The molecule has 1 aliphatic rings. The smallest absolute Gasteiger partial charge is 0.391 e. The van der Waals surface area contributed by atoms with E-state index in [2.05, 4.69) is 30.8 Å². The summed E-state index contributed by atoms with van der Waals surface area (Å²) in [6.07, 6.45) is -6.52. The molecule has 8 nitrogen and oxygen atoms in total. The lowest BCUT2D eigenvalue weighted by atomic mass is 10.1. The summed E-state index contributed by atoms with van der Waals surface area (Å²) in [7, 11) is 1.64. The lowest BCUT2D eigenvalue weighted by Gasteiger charge is -2.37. The van der Waals surface area contributed by atoms with Gasteiger partial charge in [0.15, 0.2) is 11.6 Å². The van der Waals surface area contributed by atoms with Crippen LogP contribution in [0.3, 0.4) is 0 Å². The predicted octanol–water partition coefficient (Wildman–Crippen LogP) is 2.93. The number of aromatic nitrogens is 5. The van der Waals surface area contributed by atoms with Gasteiger partial charge in [-0.1, -0.05) is 0 Å². The van der Waals surface area contributed by atoms with Gasteiger partial charge in [0.1, 0.15) is 12.0 Å². The molecule has 2 aromatic rings. The number of fused-ring (bicyclic) bond motifs is 3. The fourth-order valence-electron chi connectivity index (χ4n) is 2.89. The van der Waals surface area contributed by atoms with Crippen LogP contribution in [0, 0.1) is 0 Å². The third-order valence-corrected chi connectivity index (χ3v) is 4.05. The summed E-state index contributed by atoms with van der Waals surface area (Å²) in [4.78, 5) is 9.13. The Hall–Kier alpha value is -3.06. The van der Waals surface area contributed by atoms with Gasteiger partial charge in [-0.05, 0) is 0 Å². The third-order valence-electron chi connectivity index (χ3n) is 4.05. The second-order valence-corrected chi connectivity index (χ2v) is 6.12. The first-order chi connectivity index (χ1) is 13.6. The van der Waals surface area contributed by atoms with Gasteiger partial charge in [-0.25, -0.2) is 4.98 Å². The Balaban J connectivity index is 2.05. The van der Waals surface area contributed by atoms with E-state index in [-0.39, 0.29) is 23.3 Å². The summed E-state index contributed by atoms with van der Waals surface area (Å²) in [5.41, 5.74) is 0.189. The number of nitrogens with one attached hydrogen (secondary N) is 2. The average Bonchev–Trinajstić information content (AvgIpc) is 3.09. The van der Waals surface area contributed by atoms with E-state index < -0.39 is 37.8 Å². The first-order valence-electron chi connectivity index (χ1n) is 8.35. The number of hydrogen-bond acceptors (Lipinski definition) is 7. The maximum absolute atomic E-state index is 13.2. The summed E-state index contributed by atoms with van der Waals surface area (Å²) in [5, 5.41) is 12.7. The van der Waals surface area contributed by atoms with E-state index in [1.807, 2.05) is 0 Å². The van der Waals surface area contributed by atoms with Gasteiger partial charge in [0.05, 0.1) is 25.1 Å². The first kappa shape index (κ1) is 20.7. The van der Waals surface area contributed by atoms with Crippen molar-refractivity contribution in [2.75, 3.05) is 23.8 Å². The molecule has 0 amide bonds. The van der Waals surface area contributed by atoms with Crippen LogP contribution in [0.5, 0.6) is 0 Å². The molecule has 2 N–H and O–H groups in total. The van der Waals surface area contributed by atoms with Crippen LogP contribution in [0.2, 0.25) is 0 Å². The Bertz CT molecular complexity index is 874. The lowest BCUT2D eigenvalue weighted by molar-refractivity contribution is -0.141. The highest BCUT2D eigenvalue weighted by atomic mass is 19.4. The molecule has 29 heavy (non-hydrogen) atoms. The zero-order chi connectivity index (χ0) is 21.2. The van der Waals surface area contributed by atoms with Crippen LogP contribution >= 0.6 is 0 Å². The van der Waals surface area contributed by atoms with Gasteiger partial charge in [0.25, 0.3) is 0 Å². The molecule has 0 fully saturated rings. The van der Waals surface area contributed by atoms with E-state index in [0.717, 1.165) is 4.90 Å². The highest BCUT2D eigenvalue weighted by molar-refractivity contribution is 5.63. The molecule has 158 valence electrons. The molecule has 3 rings (SSSR count). The fourth-order valence-corrected chi connectivity index (χ4v) is 2.89. The summed E-state index contributed by atoms with van der Waals surface area (Å²) < 4.78 is 79.3. The largest absolute Gasteiger partial charge is 0.393 e. The maximum Gasteiger partial charge on any atom is 0.391 e. The van der Waals surface area contributed by atoms with E-state index in [1.54, 1.807) is 7.05 Å². The zero-order valence-electron chi connectivity index (χ0n) is 15.0. The Morgan fingerprint density at radius 2 is 1.90 bits per heavy atom. The second-order valence-electron chi connectivity index (χ2n) is 6.12. The molecule has 0 aliphatic carbocycles.